The number of rotatable bonds is 4. The van der Waals surface area contributed by atoms with Gasteiger partial charge in [-0.05, 0) is 36.8 Å². The van der Waals surface area contributed by atoms with Crippen LogP contribution in [0.4, 0.5) is 4.79 Å². The monoisotopic (exact) mass is 355 g/mol. The molecule has 4 amide bonds. The molecule has 1 aromatic rings. The van der Waals surface area contributed by atoms with Crippen molar-refractivity contribution >= 4 is 17.8 Å². The van der Waals surface area contributed by atoms with Crippen LogP contribution in [0.5, 0.6) is 0 Å². The molecule has 6 heteroatoms. The highest BCUT2D eigenvalue weighted by Crippen LogP contribution is 2.36. The molecular formula is C20H25N3O3. The molecule has 1 heterocycles. The Labute approximate surface area is 153 Å². The molecule has 1 saturated carbocycles. The lowest BCUT2D eigenvalue weighted by Crippen LogP contribution is -2.44. The molecule has 1 aromatic carbocycles. The van der Waals surface area contributed by atoms with Crippen molar-refractivity contribution in [3.63, 3.8) is 0 Å². The van der Waals surface area contributed by atoms with Gasteiger partial charge in [-0.1, -0.05) is 37.1 Å². The lowest BCUT2D eigenvalue weighted by Gasteiger charge is -2.26. The van der Waals surface area contributed by atoms with Crippen molar-refractivity contribution in [1.82, 2.24) is 15.1 Å². The highest BCUT2D eigenvalue weighted by atomic mass is 16.2. The highest BCUT2D eigenvalue weighted by molar-refractivity contribution is 6.07. The van der Waals surface area contributed by atoms with E-state index in [1.807, 2.05) is 19.2 Å². The maximum atomic E-state index is 12.7. The van der Waals surface area contributed by atoms with Crippen molar-refractivity contribution in [3.8, 4) is 0 Å². The van der Waals surface area contributed by atoms with Crippen LogP contribution in [0.1, 0.15) is 55.7 Å². The number of nitrogens with zero attached hydrogens (tertiary/aromatic N) is 2. The number of carbonyl (C=O) groups excluding carboxylic acids is 3. The van der Waals surface area contributed by atoms with Crippen molar-refractivity contribution in [3.05, 3.63) is 35.4 Å². The molecule has 1 aliphatic heterocycles. The predicted octanol–water partition coefficient (Wildman–Crippen LogP) is 2.39. The molecule has 6 nitrogen and oxygen atoms in total. The summed E-state index contributed by atoms with van der Waals surface area (Å²) in [7, 11) is 1.82. The van der Waals surface area contributed by atoms with Crippen LogP contribution in [-0.2, 0) is 16.0 Å². The third-order valence-corrected chi connectivity index (χ3v) is 6.21. The largest absolute Gasteiger partial charge is 0.339 e. The predicted molar refractivity (Wildman–Crippen MR) is 96.3 cm³/mol. The quantitative estimate of drug-likeness (QED) is 0.843. The molecule has 138 valence electrons. The minimum Gasteiger partial charge on any atom is -0.339 e. The summed E-state index contributed by atoms with van der Waals surface area (Å²) >= 11 is 0. The van der Waals surface area contributed by atoms with Crippen molar-refractivity contribution in [2.45, 2.75) is 56.5 Å². The Morgan fingerprint density at radius 3 is 2.77 bits per heavy atom. The van der Waals surface area contributed by atoms with Gasteiger partial charge in [0.1, 0.15) is 5.54 Å². The van der Waals surface area contributed by atoms with Gasteiger partial charge < -0.3 is 10.2 Å². The van der Waals surface area contributed by atoms with Gasteiger partial charge in [-0.15, -0.1) is 0 Å². The number of benzene rings is 1. The van der Waals surface area contributed by atoms with Crippen molar-refractivity contribution < 1.29 is 14.4 Å². The molecule has 4 rings (SSSR count). The lowest BCUT2D eigenvalue weighted by atomic mass is 9.98. The van der Waals surface area contributed by atoms with E-state index in [1.165, 1.54) is 16.0 Å². The third-order valence-electron chi connectivity index (χ3n) is 6.21. The SMILES string of the molecule is CN(C(=O)CCN1C(=O)NC2(CCCC2)C1=O)C1CCc2ccccc21. The smallest absolute Gasteiger partial charge is 0.325 e. The van der Waals surface area contributed by atoms with E-state index in [-0.39, 0.29) is 36.9 Å². The first-order valence-corrected chi connectivity index (χ1v) is 9.49. The van der Waals surface area contributed by atoms with E-state index in [1.54, 1.807) is 4.90 Å². The van der Waals surface area contributed by atoms with Crippen LogP contribution in [0.3, 0.4) is 0 Å². The zero-order valence-electron chi connectivity index (χ0n) is 15.2. The molecule has 0 radical (unpaired) electrons. The first-order chi connectivity index (χ1) is 12.5. The second-order valence-electron chi connectivity index (χ2n) is 7.68. The molecule has 1 saturated heterocycles. The average Bonchev–Trinajstić information content (AvgIpc) is 3.33. The minimum atomic E-state index is -0.698. The normalized spacial score (nSPS) is 23.4. The van der Waals surface area contributed by atoms with E-state index >= 15 is 0 Å². The van der Waals surface area contributed by atoms with Crippen molar-refractivity contribution in [2.75, 3.05) is 13.6 Å². The van der Waals surface area contributed by atoms with Crippen LogP contribution >= 0.6 is 0 Å². The van der Waals surface area contributed by atoms with Crippen LogP contribution in [0.15, 0.2) is 24.3 Å². The topological polar surface area (TPSA) is 69.7 Å². The summed E-state index contributed by atoms with van der Waals surface area (Å²) in [6.07, 6.45) is 5.42. The Bertz CT molecular complexity index is 754. The molecule has 0 aromatic heterocycles. The second kappa shape index (κ2) is 6.41. The van der Waals surface area contributed by atoms with E-state index in [2.05, 4.69) is 17.4 Å². The Morgan fingerprint density at radius 1 is 1.27 bits per heavy atom. The standard InChI is InChI=1S/C20H25N3O3/c1-22(16-9-8-14-6-2-3-7-15(14)16)17(24)10-13-23-18(25)20(21-19(23)26)11-4-5-12-20/h2-3,6-7,16H,4-5,8-13H2,1H3,(H,21,26). The van der Waals surface area contributed by atoms with Crippen LogP contribution < -0.4 is 5.32 Å². The first kappa shape index (κ1) is 17.1. The first-order valence-electron chi connectivity index (χ1n) is 9.49. The van der Waals surface area contributed by atoms with Crippen LogP contribution in [0.2, 0.25) is 0 Å². The summed E-state index contributed by atoms with van der Waals surface area (Å²) < 4.78 is 0. The zero-order valence-corrected chi connectivity index (χ0v) is 15.2. The number of aryl methyl sites for hydroxylation is 1. The maximum Gasteiger partial charge on any atom is 0.325 e. The molecule has 0 bridgehead atoms. The molecule has 3 aliphatic rings. The molecule has 26 heavy (non-hydrogen) atoms. The van der Waals surface area contributed by atoms with Crippen LogP contribution in [0.25, 0.3) is 0 Å². The summed E-state index contributed by atoms with van der Waals surface area (Å²) in [6, 6.07) is 7.96. The number of imide groups is 1. The third kappa shape index (κ3) is 2.68. The fraction of sp³-hybridized carbons (Fsp3) is 0.550. The van der Waals surface area contributed by atoms with Gasteiger partial charge >= 0.3 is 6.03 Å². The Kier molecular flexibility index (Phi) is 4.21. The van der Waals surface area contributed by atoms with E-state index in [4.69, 9.17) is 0 Å². The Morgan fingerprint density at radius 2 is 2.00 bits per heavy atom. The summed E-state index contributed by atoms with van der Waals surface area (Å²) in [4.78, 5) is 40.6. The Hall–Kier alpha value is -2.37. The van der Waals surface area contributed by atoms with Crippen LogP contribution in [0, 0.1) is 0 Å². The average molecular weight is 355 g/mol. The summed E-state index contributed by atoms with van der Waals surface area (Å²) in [6.45, 7) is 0.157. The second-order valence-corrected chi connectivity index (χ2v) is 7.68. The number of carbonyl (C=O) groups is 3. The number of hydrogen-bond acceptors (Lipinski definition) is 3. The molecule has 1 atom stereocenters. The summed E-state index contributed by atoms with van der Waals surface area (Å²) in [5, 5.41) is 2.86. The summed E-state index contributed by atoms with van der Waals surface area (Å²) in [5.41, 5.74) is 1.81. The fourth-order valence-electron chi connectivity index (χ4n) is 4.69. The fourth-order valence-corrected chi connectivity index (χ4v) is 4.69. The number of urea groups is 1. The molecule has 2 aliphatic carbocycles. The van der Waals surface area contributed by atoms with Crippen LogP contribution in [-0.4, -0.2) is 46.8 Å². The van der Waals surface area contributed by atoms with Gasteiger partial charge in [0, 0.05) is 20.0 Å². The number of nitrogens with one attached hydrogen (secondary N) is 1. The van der Waals surface area contributed by atoms with Gasteiger partial charge in [0.25, 0.3) is 5.91 Å². The van der Waals surface area contributed by atoms with E-state index in [9.17, 15) is 14.4 Å². The van der Waals surface area contributed by atoms with Gasteiger partial charge in [-0.2, -0.15) is 0 Å². The van der Waals surface area contributed by atoms with Gasteiger partial charge in [-0.3, -0.25) is 14.5 Å². The lowest BCUT2D eigenvalue weighted by molar-refractivity contribution is -0.134. The number of amides is 4. The van der Waals surface area contributed by atoms with Gasteiger partial charge in [-0.25, -0.2) is 4.79 Å². The number of fused-ring (bicyclic) bond motifs is 1. The molecule has 1 spiro atoms. The molecular weight excluding hydrogens is 330 g/mol. The van der Waals surface area contributed by atoms with Gasteiger partial charge in [0.15, 0.2) is 0 Å². The molecule has 1 unspecified atom stereocenters. The van der Waals surface area contributed by atoms with Crippen molar-refractivity contribution in [1.29, 1.82) is 0 Å². The van der Waals surface area contributed by atoms with Gasteiger partial charge in [0.05, 0.1) is 6.04 Å². The van der Waals surface area contributed by atoms with E-state index in [0.717, 1.165) is 25.7 Å². The maximum absolute atomic E-state index is 12.7. The van der Waals surface area contributed by atoms with E-state index < -0.39 is 5.54 Å². The van der Waals surface area contributed by atoms with Gasteiger partial charge in [0.2, 0.25) is 5.91 Å². The minimum absolute atomic E-state index is 0.0281. The number of hydrogen-bond donors (Lipinski definition) is 1. The van der Waals surface area contributed by atoms with Crippen molar-refractivity contribution in [2.24, 2.45) is 0 Å². The molecule has 2 fully saturated rings. The zero-order chi connectivity index (χ0) is 18.3. The molecule has 1 N–H and O–H groups in total. The van der Waals surface area contributed by atoms with E-state index in [0.29, 0.717) is 12.8 Å². The Balaban J connectivity index is 1.38. The summed E-state index contributed by atoms with van der Waals surface area (Å²) in [5.74, 6) is -0.179. The highest BCUT2D eigenvalue weighted by Gasteiger charge is 2.52.